The van der Waals surface area contributed by atoms with Crippen LogP contribution >= 0.6 is 0 Å². The molecule has 0 bridgehead atoms. The standard InChI is InChI=1S/C22H28N6O3/c1-23-21(30)24-16-6-4-15(5-7-16)19-25-17(22(8-9-22)20(29)27(2)3)14-18(26-19)28-10-12-31-13-11-28/h4-7,14H,8-13H2,1-3H3,(H2,23,24,30). The summed E-state index contributed by atoms with van der Waals surface area (Å²) in [5.74, 6) is 1.47. The third-order valence-corrected chi connectivity index (χ3v) is 5.73. The van der Waals surface area contributed by atoms with Gasteiger partial charge in [0.05, 0.1) is 24.3 Å². The molecule has 164 valence electrons. The van der Waals surface area contributed by atoms with Crippen LogP contribution in [0.4, 0.5) is 16.3 Å². The summed E-state index contributed by atoms with van der Waals surface area (Å²) < 4.78 is 5.48. The van der Waals surface area contributed by atoms with Gasteiger partial charge >= 0.3 is 6.03 Å². The maximum Gasteiger partial charge on any atom is 0.318 e. The molecule has 1 aromatic heterocycles. The summed E-state index contributed by atoms with van der Waals surface area (Å²) in [4.78, 5) is 37.9. The number of rotatable bonds is 5. The monoisotopic (exact) mass is 424 g/mol. The van der Waals surface area contributed by atoms with Crippen molar-refractivity contribution in [2.24, 2.45) is 0 Å². The van der Waals surface area contributed by atoms with Crippen molar-refractivity contribution < 1.29 is 14.3 Å². The Morgan fingerprint density at radius 3 is 2.35 bits per heavy atom. The van der Waals surface area contributed by atoms with Crippen molar-refractivity contribution >= 4 is 23.4 Å². The van der Waals surface area contributed by atoms with Crippen LogP contribution in [0.1, 0.15) is 18.5 Å². The van der Waals surface area contributed by atoms with Gasteiger partial charge in [0.15, 0.2) is 5.82 Å². The average Bonchev–Trinajstić information content (AvgIpc) is 3.61. The number of carbonyl (C=O) groups excluding carboxylic acids is 2. The van der Waals surface area contributed by atoms with Crippen LogP contribution in [0.25, 0.3) is 11.4 Å². The number of morpholine rings is 1. The van der Waals surface area contributed by atoms with Crippen LogP contribution < -0.4 is 15.5 Å². The fourth-order valence-corrected chi connectivity index (χ4v) is 3.79. The van der Waals surface area contributed by atoms with E-state index in [0.717, 1.165) is 43.0 Å². The Morgan fingerprint density at radius 1 is 1.10 bits per heavy atom. The van der Waals surface area contributed by atoms with E-state index in [1.165, 1.54) is 0 Å². The van der Waals surface area contributed by atoms with Gasteiger partial charge < -0.3 is 25.2 Å². The van der Waals surface area contributed by atoms with E-state index < -0.39 is 5.41 Å². The molecule has 1 saturated heterocycles. The van der Waals surface area contributed by atoms with Crippen molar-refractivity contribution in [2.45, 2.75) is 18.3 Å². The first-order valence-electron chi connectivity index (χ1n) is 10.5. The van der Waals surface area contributed by atoms with Crippen LogP contribution in [-0.4, -0.2) is 74.3 Å². The van der Waals surface area contributed by atoms with Gasteiger partial charge in [-0.05, 0) is 37.1 Å². The highest BCUT2D eigenvalue weighted by Gasteiger charge is 2.53. The Morgan fingerprint density at radius 2 is 1.77 bits per heavy atom. The molecular formula is C22H28N6O3. The Kier molecular flexibility index (Phi) is 5.77. The van der Waals surface area contributed by atoms with E-state index in [1.807, 2.05) is 30.3 Å². The molecule has 2 N–H and O–H groups in total. The number of urea groups is 1. The van der Waals surface area contributed by atoms with Gasteiger partial charge in [0.2, 0.25) is 5.91 Å². The SMILES string of the molecule is CNC(=O)Nc1ccc(-c2nc(N3CCOCC3)cc(C3(C(=O)N(C)C)CC3)n2)cc1. The van der Waals surface area contributed by atoms with Gasteiger partial charge in [-0.25, -0.2) is 14.8 Å². The van der Waals surface area contributed by atoms with Gasteiger partial charge in [0.25, 0.3) is 0 Å². The highest BCUT2D eigenvalue weighted by atomic mass is 16.5. The minimum absolute atomic E-state index is 0.0789. The van der Waals surface area contributed by atoms with E-state index in [1.54, 1.807) is 26.0 Å². The highest BCUT2D eigenvalue weighted by molar-refractivity contribution is 5.91. The molecule has 4 rings (SSSR count). The lowest BCUT2D eigenvalue weighted by Crippen LogP contribution is -2.38. The van der Waals surface area contributed by atoms with Gasteiger partial charge in [-0.1, -0.05) is 0 Å². The molecular weight excluding hydrogens is 396 g/mol. The minimum Gasteiger partial charge on any atom is -0.378 e. The summed E-state index contributed by atoms with van der Waals surface area (Å²) in [5, 5.41) is 5.27. The molecule has 0 radical (unpaired) electrons. The van der Waals surface area contributed by atoms with Gasteiger partial charge in [-0.15, -0.1) is 0 Å². The molecule has 1 aliphatic heterocycles. The van der Waals surface area contributed by atoms with Crippen molar-refractivity contribution in [2.75, 3.05) is 57.7 Å². The Bertz CT molecular complexity index is 966. The first-order chi connectivity index (χ1) is 14.9. The zero-order chi connectivity index (χ0) is 22.0. The third kappa shape index (κ3) is 4.32. The van der Waals surface area contributed by atoms with Gasteiger partial charge in [0, 0.05) is 51.5 Å². The lowest BCUT2D eigenvalue weighted by atomic mass is 9.99. The summed E-state index contributed by atoms with van der Waals surface area (Å²) in [5.41, 5.74) is 1.70. The predicted octanol–water partition coefficient (Wildman–Crippen LogP) is 1.85. The summed E-state index contributed by atoms with van der Waals surface area (Å²) >= 11 is 0. The molecule has 0 unspecified atom stereocenters. The van der Waals surface area contributed by atoms with Crippen LogP contribution in [0, 0.1) is 0 Å². The maximum absolute atomic E-state index is 12.9. The zero-order valence-electron chi connectivity index (χ0n) is 18.1. The molecule has 1 aromatic carbocycles. The minimum atomic E-state index is -0.567. The smallest absolute Gasteiger partial charge is 0.318 e. The van der Waals surface area contributed by atoms with Crippen LogP contribution in [0.15, 0.2) is 30.3 Å². The maximum atomic E-state index is 12.9. The topological polar surface area (TPSA) is 99.7 Å². The fraction of sp³-hybridized carbons (Fsp3) is 0.455. The van der Waals surface area contributed by atoms with E-state index in [9.17, 15) is 9.59 Å². The van der Waals surface area contributed by atoms with Crippen molar-refractivity contribution in [3.63, 3.8) is 0 Å². The molecule has 9 heteroatoms. The van der Waals surface area contributed by atoms with Gasteiger partial charge in [0.1, 0.15) is 5.82 Å². The van der Waals surface area contributed by atoms with Crippen molar-refractivity contribution in [1.82, 2.24) is 20.2 Å². The predicted molar refractivity (Wildman–Crippen MR) is 118 cm³/mol. The molecule has 9 nitrogen and oxygen atoms in total. The number of hydrogen-bond donors (Lipinski definition) is 2. The number of hydrogen-bond acceptors (Lipinski definition) is 6. The summed E-state index contributed by atoms with van der Waals surface area (Å²) in [6, 6.07) is 9.06. The zero-order valence-corrected chi connectivity index (χ0v) is 18.1. The second kappa shape index (κ2) is 8.50. The lowest BCUT2D eigenvalue weighted by Gasteiger charge is -2.29. The van der Waals surface area contributed by atoms with Crippen molar-refractivity contribution in [3.05, 3.63) is 36.0 Å². The quantitative estimate of drug-likeness (QED) is 0.760. The summed E-state index contributed by atoms with van der Waals surface area (Å²) in [6.45, 7) is 2.80. The average molecular weight is 425 g/mol. The molecule has 2 aliphatic rings. The lowest BCUT2D eigenvalue weighted by molar-refractivity contribution is -0.131. The molecule has 2 fully saturated rings. The van der Waals surface area contributed by atoms with E-state index in [2.05, 4.69) is 15.5 Å². The number of likely N-dealkylation sites (N-methyl/N-ethyl adjacent to an activating group) is 1. The number of ether oxygens (including phenoxy) is 1. The second-order valence-electron chi connectivity index (χ2n) is 8.10. The molecule has 31 heavy (non-hydrogen) atoms. The molecule has 0 atom stereocenters. The van der Waals surface area contributed by atoms with E-state index in [-0.39, 0.29) is 11.9 Å². The summed E-state index contributed by atoms with van der Waals surface area (Å²) in [6.07, 6.45) is 1.58. The van der Waals surface area contributed by atoms with E-state index >= 15 is 0 Å². The number of aromatic nitrogens is 2. The molecule has 3 amide bonds. The third-order valence-electron chi connectivity index (χ3n) is 5.73. The van der Waals surface area contributed by atoms with Gasteiger partial charge in [-0.2, -0.15) is 0 Å². The molecule has 1 aliphatic carbocycles. The first-order valence-corrected chi connectivity index (χ1v) is 10.5. The Balaban J connectivity index is 1.71. The van der Waals surface area contributed by atoms with Gasteiger partial charge in [-0.3, -0.25) is 4.79 Å². The van der Waals surface area contributed by atoms with Crippen molar-refractivity contribution in [1.29, 1.82) is 0 Å². The van der Waals surface area contributed by atoms with Crippen LogP contribution in [-0.2, 0) is 14.9 Å². The number of anilines is 2. The van der Waals surface area contributed by atoms with Crippen LogP contribution in [0.5, 0.6) is 0 Å². The van der Waals surface area contributed by atoms with Crippen LogP contribution in [0.2, 0.25) is 0 Å². The van der Waals surface area contributed by atoms with Crippen LogP contribution in [0.3, 0.4) is 0 Å². The molecule has 2 heterocycles. The van der Waals surface area contributed by atoms with E-state index in [0.29, 0.717) is 24.7 Å². The van der Waals surface area contributed by atoms with Crippen molar-refractivity contribution in [3.8, 4) is 11.4 Å². The number of nitrogens with one attached hydrogen (secondary N) is 2. The number of amides is 3. The highest BCUT2D eigenvalue weighted by Crippen LogP contribution is 2.49. The Hall–Kier alpha value is -3.20. The second-order valence-corrected chi connectivity index (χ2v) is 8.10. The summed E-state index contributed by atoms with van der Waals surface area (Å²) in [7, 11) is 5.13. The molecule has 2 aromatic rings. The molecule has 0 spiro atoms. The number of benzene rings is 1. The first kappa shape index (κ1) is 21.0. The largest absolute Gasteiger partial charge is 0.378 e. The van der Waals surface area contributed by atoms with E-state index in [4.69, 9.17) is 14.7 Å². The number of nitrogens with zero attached hydrogens (tertiary/aromatic N) is 4. The fourth-order valence-electron chi connectivity index (χ4n) is 3.79. The molecule has 1 saturated carbocycles. The normalized spacial score (nSPS) is 17.1. The number of carbonyl (C=O) groups is 2. The Labute approximate surface area is 181 Å².